The van der Waals surface area contributed by atoms with Gasteiger partial charge in [-0.05, 0) is 6.92 Å². The first kappa shape index (κ1) is 8.25. The van der Waals surface area contributed by atoms with Crippen molar-refractivity contribution < 1.29 is 4.92 Å². The summed E-state index contributed by atoms with van der Waals surface area (Å²) in [7, 11) is 0. The van der Waals surface area contributed by atoms with Gasteiger partial charge in [0.05, 0.1) is 22.4 Å². The van der Waals surface area contributed by atoms with E-state index in [1.165, 1.54) is 13.1 Å². The first-order valence-corrected chi connectivity index (χ1v) is 3.19. The molecular weight excluding hydrogens is 160 g/mol. The maximum absolute atomic E-state index is 10.4. The molecule has 0 aromatic carbocycles. The average molecular weight is 168 g/mol. The summed E-state index contributed by atoms with van der Waals surface area (Å²) in [5, 5.41) is 10.4. The van der Waals surface area contributed by atoms with Gasteiger partial charge >= 0.3 is 5.69 Å². The number of nitrogens with zero attached hydrogens (tertiary/aromatic N) is 2. The Hall–Kier alpha value is -1.85. The van der Waals surface area contributed by atoms with Gasteiger partial charge in [-0.25, -0.2) is 4.98 Å². The summed E-state index contributed by atoms with van der Waals surface area (Å²) >= 11 is 0. The van der Waals surface area contributed by atoms with E-state index < -0.39 is 4.92 Å². The number of aromatic nitrogens is 1. The highest BCUT2D eigenvalue weighted by Gasteiger charge is 2.18. The number of anilines is 2. The lowest BCUT2D eigenvalue weighted by molar-refractivity contribution is -0.384. The molecule has 6 nitrogen and oxygen atoms in total. The molecule has 0 saturated heterocycles. The van der Waals surface area contributed by atoms with Crippen LogP contribution >= 0.6 is 0 Å². The smallest absolute Gasteiger partial charge is 0.316 e. The highest BCUT2D eigenvalue weighted by Crippen LogP contribution is 2.26. The van der Waals surface area contributed by atoms with Crippen molar-refractivity contribution in [3.63, 3.8) is 0 Å². The van der Waals surface area contributed by atoms with E-state index in [2.05, 4.69) is 4.98 Å². The first-order valence-electron chi connectivity index (χ1n) is 3.19. The SMILES string of the molecule is Cc1c(N)cnc(N)c1[N+](=O)[O-]. The van der Waals surface area contributed by atoms with Crippen molar-refractivity contribution in [1.82, 2.24) is 4.98 Å². The predicted octanol–water partition coefficient (Wildman–Crippen LogP) is 0.463. The number of nitrogens with two attached hydrogens (primary N) is 2. The van der Waals surface area contributed by atoms with Crippen LogP contribution in [-0.2, 0) is 0 Å². The Kier molecular flexibility index (Phi) is 1.82. The van der Waals surface area contributed by atoms with E-state index >= 15 is 0 Å². The third-order valence-electron chi connectivity index (χ3n) is 1.56. The number of pyridine rings is 1. The van der Waals surface area contributed by atoms with Gasteiger partial charge in [0, 0.05) is 0 Å². The molecule has 1 heterocycles. The molecule has 0 bridgehead atoms. The molecule has 0 unspecified atom stereocenters. The summed E-state index contributed by atoms with van der Waals surface area (Å²) < 4.78 is 0. The molecule has 0 spiro atoms. The van der Waals surface area contributed by atoms with E-state index in [1.54, 1.807) is 0 Å². The standard InChI is InChI=1S/C6H8N4O2/c1-3-4(7)2-9-6(8)5(3)10(11)12/h2H,7H2,1H3,(H2,8,9). The molecule has 64 valence electrons. The van der Waals surface area contributed by atoms with Crippen LogP contribution in [0.15, 0.2) is 6.20 Å². The fourth-order valence-corrected chi connectivity index (χ4v) is 0.856. The number of hydrogen-bond acceptors (Lipinski definition) is 5. The summed E-state index contributed by atoms with van der Waals surface area (Å²) in [5.41, 5.74) is 11.1. The monoisotopic (exact) mass is 168 g/mol. The molecule has 0 aliphatic rings. The Morgan fingerprint density at radius 2 is 2.17 bits per heavy atom. The van der Waals surface area contributed by atoms with Gasteiger partial charge in [-0.2, -0.15) is 0 Å². The van der Waals surface area contributed by atoms with Crippen molar-refractivity contribution in [1.29, 1.82) is 0 Å². The highest BCUT2D eigenvalue weighted by atomic mass is 16.6. The quantitative estimate of drug-likeness (QED) is 0.467. The zero-order valence-corrected chi connectivity index (χ0v) is 6.44. The highest BCUT2D eigenvalue weighted by molar-refractivity contribution is 5.65. The minimum absolute atomic E-state index is 0.105. The average Bonchev–Trinajstić information content (AvgIpc) is 1.97. The Balaban J connectivity index is 3.43. The molecule has 0 radical (unpaired) electrons. The Morgan fingerprint density at radius 1 is 1.58 bits per heavy atom. The molecule has 1 aromatic heterocycles. The Bertz CT molecular complexity index is 337. The summed E-state index contributed by atoms with van der Waals surface area (Å²) in [5.74, 6) is -0.105. The third-order valence-corrected chi connectivity index (χ3v) is 1.56. The van der Waals surface area contributed by atoms with Gasteiger partial charge in [0.25, 0.3) is 0 Å². The van der Waals surface area contributed by atoms with Crippen molar-refractivity contribution >= 4 is 17.2 Å². The minimum Gasteiger partial charge on any atom is -0.397 e. The van der Waals surface area contributed by atoms with E-state index in [0.29, 0.717) is 5.56 Å². The number of nitro groups is 1. The molecular formula is C6H8N4O2. The lowest BCUT2D eigenvalue weighted by atomic mass is 10.2. The number of nitrogen functional groups attached to an aromatic ring is 2. The van der Waals surface area contributed by atoms with Gasteiger partial charge < -0.3 is 11.5 Å². The Labute approximate surface area is 68.3 Å². The van der Waals surface area contributed by atoms with Crippen molar-refractivity contribution in [3.8, 4) is 0 Å². The van der Waals surface area contributed by atoms with Crippen LogP contribution in [0, 0.1) is 17.0 Å². The van der Waals surface area contributed by atoms with Crippen LogP contribution in [0.1, 0.15) is 5.56 Å². The zero-order chi connectivity index (χ0) is 9.30. The van der Waals surface area contributed by atoms with Crippen LogP contribution in [0.3, 0.4) is 0 Å². The van der Waals surface area contributed by atoms with E-state index in [1.807, 2.05) is 0 Å². The van der Waals surface area contributed by atoms with E-state index in [9.17, 15) is 10.1 Å². The molecule has 1 rings (SSSR count). The van der Waals surface area contributed by atoms with Crippen molar-refractivity contribution in [2.75, 3.05) is 11.5 Å². The maximum Gasteiger partial charge on any atom is 0.316 e. The molecule has 6 heteroatoms. The second-order valence-corrected chi connectivity index (χ2v) is 2.33. The summed E-state index contributed by atoms with van der Waals surface area (Å²) in [6.07, 6.45) is 1.30. The van der Waals surface area contributed by atoms with Gasteiger partial charge in [0.15, 0.2) is 0 Å². The van der Waals surface area contributed by atoms with Crippen LogP contribution in [0.4, 0.5) is 17.2 Å². The molecule has 0 fully saturated rings. The van der Waals surface area contributed by atoms with Crippen LogP contribution in [0.25, 0.3) is 0 Å². The number of hydrogen-bond donors (Lipinski definition) is 2. The molecule has 1 aromatic rings. The van der Waals surface area contributed by atoms with Crippen molar-refractivity contribution in [2.45, 2.75) is 6.92 Å². The molecule has 0 aliphatic heterocycles. The molecule has 12 heavy (non-hydrogen) atoms. The molecule has 4 N–H and O–H groups in total. The predicted molar refractivity (Wildman–Crippen MR) is 44.5 cm³/mol. The van der Waals surface area contributed by atoms with E-state index in [4.69, 9.17) is 11.5 Å². The van der Waals surface area contributed by atoms with Gasteiger partial charge in [0.2, 0.25) is 5.82 Å². The fourth-order valence-electron chi connectivity index (χ4n) is 0.856. The van der Waals surface area contributed by atoms with Crippen LogP contribution < -0.4 is 11.5 Å². The lowest BCUT2D eigenvalue weighted by Crippen LogP contribution is -2.03. The second kappa shape index (κ2) is 2.65. The topological polar surface area (TPSA) is 108 Å². The van der Waals surface area contributed by atoms with Gasteiger partial charge in [-0.15, -0.1) is 0 Å². The zero-order valence-electron chi connectivity index (χ0n) is 6.44. The van der Waals surface area contributed by atoms with Crippen molar-refractivity contribution in [2.24, 2.45) is 0 Å². The van der Waals surface area contributed by atoms with Gasteiger partial charge in [0.1, 0.15) is 0 Å². The second-order valence-electron chi connectivity index (χ2n) is 2.33. The van der Waals surface area contributed by atoms with Gasteiger partial charge in [-0.1, -0.05) is 0 Å². The lowest BCUT2D eigenvalue weighted by Gasteiger charge is -2.01. The number of rotatable bonds is 1. The maximum atomic E-state index is 10.4. The molecule has 0 aliphatic carbocycles. The van der Waals surface area contributed by atoms with E-state index in [-0.39, 0.29) is 17.2 Å². The normalized spacial score (nSPS) is 9.75. The fraction of sp³-hybridized carbons (Fsp3) is 0.167. The van der Waals surface area contributed by atoms with Crippen LogP contribution in [0.5, 0.6) is 0 Å². The van der Waals surface area contributed by atoms with Crippen LogP contribution in [0.2, 0.25) is 0 Å². The molecule has 0 atom stereocenters. The van der Waals surface area contributed by atoms with Gasteiger partial charge in [-0.3, -0.25) is 10.1 Å². The summed E-state index contributed by atoms with van der Waals surface area (Å²) in [4.78, 5) is 13.4. The molecule has 0 amide bonds. The summed E-state index contributed by atoms with van der Waals surface area (Å²) in [6.45, 7) is 1.53. The first-order chi connectivity index (χ1) is 5.54. The Morgan fingerprint density at radius 3 is 2.58 bits per heavy atom. The third kappa shape index (κ3) is 1.14. The van der Waals surface area contributed by atoms with Crippen molar-refractivity contribution in [3.05, 3.63) is 21.9 Å². The van der Waals surface area contributed by atoms with Crippen LogP contribution in [-0.4, -0.2) is 9.91 Å². The van der Waals surface area contributed by atoms with E-state index in [0.717, 1.165) is 0 Å². The largest absolute Gasteiger partial charge is 0.397 e. The molecule has 0 saturated carbocycles. The summed E-state index contributed by atoms with van der Waals surface area (Å²) in [6, 6.07) is 0. The minimum atomic E-state index is -0.589.